The molecule has 0 saturated carbocycles. The lowest BCUT2D eigenvalue weighted by atomic mass is 10.1. The number of hydrogen-bond acceptors (Lipinski definition) is 4. The molecule has 2 rings (SSSR count). The lowest BCUT2D eigenvalue weighted by Gasteiger charge is -2.15. The third-order valence-electron chi connectivity index (χ3n) is 3.82. The monoisotopic (exact) mass is 342 g/mol. The summed E-state index contributed by atoms with van der Waals surface area (Å²) in [6.45, 7) is 2.22. The molecule has 0 saturated heterocycles. The fourth-order valence-electron chi connectivity index (χ4n) is 2.46. The Kier molecular flexibility index (Phi) is 6.54. The molecule has 132 valence electrons. The van der Waals surface area contributed by atoms with E-state index in [0.717, 1.165) is 5.56 Å². The molecule has 0 aliphatic carbocycles. The average Bonchev–Trinajstić information content (AvgIpc) is 2.57. The van der Waals surface area contributed by atoms with Gasteiger partial charge in [-0.1, -0.05) is 30.3 Å². The summed E-state index contributed by atoms with van der Waals surface area (Å²) < 4.78 is 0. The Morgan fingerprint density at radius 2 is 1.84 bits per heavy atom. The minimum atomic E-state index is -1.06. The molecule has 4 N–H and O–H groups in total. The zero-order valence-corrected chi connectivity index (χ0v) is 14.0. The molecule has 6 heteroatoms. The van der Waals surface area contributed by atoms with Crippen LogP contribution in [0.4, 0.5) is 5.69 Å². The van der Waals surface area contributed by atoms with Gasteiger partial charge in [0.05, 0.1) is 6.42 Å². The third kappa shape index (κ3) is 5.93. The highest BCUT2D eigenvalue weighted by molar-refractivity contribution is 5.94. The number of nitrogens with one attached hydrogen (secondary N) is 2. The van der Waals surface area contributed by atoms with Crippen molar-refractivity contribution in [2.75, 3.05) is 11.9 Å². The van der Waals surface area contributed by atoms with Gasteiger partial charge in [0.15, 0.2) is 0 Å². The lowest BCUT2D eigenvalue weighted by molar-refractivity contribution is -0.141. The summed E-state index contributed by atoms with van der Waals surface area (Å²) in [6.07, 6.45) is 0.508. The number of hydrogen-bond donors (Lipinski definition) is 4. The molecular formula is C19H22N2O4. The van der Waals surface area contributed by atoms with Gasteiger partial charge < -0.3 is 20.8 Å². The van der Waals surface area contributed by atoms with E-state index in [0.29, 0.717) is 24.2 Å². The molecule has 2 aromatic rings. The van der Waals surface area contributed by atoms with Crippen LogP contribution in [0.1, 0.15) is 17.5 Å². The Balaban J connectivity index is 1.87. The van der Waals surface area contributed by atoms with Gasteiger partial charge in [0.2, 0.25) is 5.91 Å². The number of aromatic hydroxyl groups is 1. The number of carboxylic acids is 1. The normalized spacial score (nSPS) is 11.7. The topological polar surface area (TPSA) is 98.7 Å². The van der Waals surface area contributed by atoms with E-state index in [1.165, 1.54) is 12.1 Å². The molecular weight excluding hydrogens is 320 g/mol. The van der Waals surface area contributed by atoms with Crippen LogP contribution in [-0.4, -0.2) is 34.7 Å². The summed E-state index contributed by atoms with van der Waals surface area (Å²) >= 11 is 0. The maximum Gasteiger partial charge on any atom is 0.321 e. The first-order valence-corrected chi connectivity index (χ1v) is 8.05. The van der Waals surface area contributed by atoms with Crippen molar-refractivity contribution in [2.24, 2.45) is 0 Å². The fourth-order valence-corrected chi connectivity index (χ4v) is 2.46. The Morgan fingerprint density at radius 3 is 2.48 bits per heavy atom. The zero-order chi connectivity index (χ0) is 18.2. The molecule has 0 bridgehead atoms. The molecule has 0 aliphatic rings. The number of benzene rings is 2. The standard InChI is InChI=1S/C19H22N2O4/c1-13-11-15(22)7-8-16(13)21-18(23)12-17(19(24)25)20-10-9-14-5-3-2-4-6-14/h2-8,11,17,20,22H,9-10,12H2,1H3,(H,21,23)(H,24,25). The highest BCUT2D eigenvalue weighted by atomic mass is 16.4. The molecule has 25 heavy (non-hydrogen) atoms. The Bertz CT molecular complexity index is 731. The van der Waals surface area contributed by atoms with Crippen molar-refractivity contribution in [3.63, 3.8) is 0 Å². The molecule has 1 unspecified atom stereocenters. The number of carbonyl (C=O) groups is 2. The van der Waals surface area contributed by atoms with Gasteiger partial charge in [-0.15, -0.1) is 0 Å². The SMILES string of the molecule is Cc1cc(O)ccc1NC(=O)CC(NCCc1ccccc1)C(=O)O. The molecule has 2 aromatic carbocycles. The number of aliphatic carboxylic acids is 1. The molecule has 1 atom stereocenters. The molecule has 1 amide bonds. The second-order valence-corrected chi connectivity index (χ2v) is 5.83. The number of aryl methyl sites for hydroxylation is 1. The summed E-state index contributed by atoms with van der Waals surface area (Å²) in [5.41, 5.74) is 2.36. The molecule has 0 radical (unpaired) electrons. The molecule has 0 heterocycles. The predicted octanol–water partition coefficient (Wildman–Crippen LogP) is 2.31. The summed E-state index contributed by atoms with van der Waals surface area (Å²) in [7, 11) is 0. The lowest BCUT2D eigenvalue weighted by Crippen LogP contribution is -2.40. The number of amides is 1. The minimum absolute atomic E-state index is 0.112. The second kappa shape index (κ2) is 8.84. The van der Waals surface area contributed by atoms with Crippen molar-refractivity contribution in [3.05, 3.63) is 59.7 Å². The maximum atomic E-state index is 12.1. The quantitative estimate of drug-likeness (QED) is 0.552. The maximum absolute atomic E-state index is 12.1. The largest absolute Gasteiger partial charge is 0.508 e. The van der Waals surface area contributed by atoms with Crippen LogP contribution in [0.5, 0.6) is 5.75 Å². The van der Waals surface area contributed by atoms with E-state index in [2.05, 4.69) is 10.6 Å². The number of anilines is 1. The van der Waals surface area contributed by atoms with E-state index in [1.54, 1.807) is 13.0 Å². The Labute approximate surface area is 146 Å². The van der Waals surface area contributed by atoms with Crippen LogP contribution < -0.4 is 10.6 Å². The van der Waals surface area contributed by atoms with Crippen LogP contribution in [-0.2, 0) is 16.0 Å². The summed E-state index contributed by atoms with van der Waals surface area (Å²) in [4.78, 5) is 23.5. The molecule has 0 fully saturated rings. The highest BCUT2D eigenvalue weighted by Crippen LogP contribution is 2.20. The van der Waals surface area contributed by atoms with Crippen molar-refractivity contribution in [1.82, 2.24) is 5.32 Å². The first-order chi connectivity index (χ1) is 12.0. The molecule has 0 spiro atoms. The Hall–Kier alpha value is -2.86. The van der Waals surface area contributed by atoms with Crippen molar-refractivity contribution >= 4 is 17.6 Å². The van der Waals surface area contributed by atoms with Crippen molar-refractivity contribution in [2.45, 2.75) is 25.8 Å². The Morgan fingerprint density at radius 1 is 1.12 bits per heavy atom. The van der Waals surface area contributed by atoms with Crippen LogP contribution in [0, 0.1) is 6.92 Å². The van der Waals surface area contributed by atoms with Crippen molar-refractivity contribution in [1.29, 1.82) is 0 Å². The van der Waals surface area contributed by atoms with E-state index >= 15 is 0 Å². The highest BCUT2D eigenvalue weighted by Gasteiger charge is 2.20. The van der Waals surface area contributed by atoms with E-state index in [-0.39, 0.29) is 12.2 Å². The molecule has 0 aromatic heterocycles. The van der Waals surface area contributed by atoms with E-state index < -0.39 is 17.9 Å². The van der Waals surface area contributed by atoms with Gasteiger partial charge >= 0.3 is 5.97 Å². The average molecular weight is 342 g/mol. The number of rotatable bonds is 8. The van der Waals surface area contributed by atoms with Crippen molar-refractivity contribution < 1.29 is 19.8 Å². The minimum Gasteiger partial charge on any atom is -0.508 e. The van der Waals surface area contributed by atoms with Gasteiger partial charge in [-0.3, -0.25) is 9.59 Å². The van der Waals surface area contributed by atoms with Crippen LogP contribution in [0.15, 0.2) is 48.5 Å². The molecule has 0 aliphatic heterocycles. The van der Waals surface area contributed by atoms with Crippen LogP contribution in [0.25, 0.3) is 0 Å². The van der Waals surface area contributed by atoms with Crippen LogP contribution in [0.3, 0.4) is 0 Å². The number of carboxylic acid groups (broad SMARTS) is 1. The van der Waals surface area contributed by atoms with Gasteiger partial charge in [0.1, 0.15) is 11.8 Å². The number of carbonyl (C=O) groups excluding carboxylic acids is 1. The zero-order valence-electron chi connectivity index (χ0n) is 14.0. The van der Waals surface area contributed by atoms with Crippen LogP contribution >= 0.6 is 0 Å². The van der Waals surface area contributed by atoms with E-state index in [9.17, 15) is 19.8 Å². The summed E-state index contributed by atoms with van der Waals surface area (Å²) in [6, 6.07) is 13.3. The van der Waals surface area contributed by atoms with Gasteiger partial charge in [0, 0.05) is 5.69 Å². The van der Waals surface area contributed by atoms with Crippen LogP contribution in [0.2, 0.25) is 0 Å². The first kappa shape index (κ1) is 18.5. The predicted molar refractivity (Wildman–Crippen MR) is 95.7 cm³/mol. The first-order valence-electron chi connectivity index (χ1n) is 8.05. The summed E-state index contributed by atoms with van der Waals surface area (Å²) in [5.74, 6) is -1.35. The smallest absolute Gasteiger partial charge is 0.321 e. The van der Waals surface area contributed by atoms with E-state index in [4.69, 9.17) is 0 Å². The number of phenols is 1. The van der Waals surface area contributed by atoms with Gasteiger partial charge in [-0.05, 0) is 49.2 Å². The van der Waals surface area contributed by atoms with Gasteiger partial charge in [-0.2, -0.15) is 0 Å². The van der Waals surface area contributed by atoms with E-state index in [1.807, 2.05) is 30.3 Å². The van der Waals surface area contributed by atoms with Crippen molar-refractivity contribution in [3.8, 4) is 5.75 Å². The third-order valence-corrected chi connectivity index (χ3v) is 3.82. The van der Waals surface area contributed by atoms with Gasteiger partial charge in [0.25, 0.3) is 0 Å². The number of phenolic OH excluding ortho intramolecular Hbond substituents is 1. The molecule has 6 nitrogen and oxygen atoms in total. The summed E-state index contributed by atoms with van der Waals surface area (Å²) in [5, 5.41) is 24.3. The van der Waals surface area contributed by atoms with Gasteiger partial charge in [-0.25, -0.2) is 0 Å². The fraction of sp³-hybridized carbons (Fsp3) is 0.263. The second-order valence-electron chi connectivity index (χ2n) is 5.83.